The summed E-state index contributed by atoms with van der Waals surface area (Å²) in [5.74, 6) is -1.58. The van der Waals surface area contributed by atoms with Gasteiger partial charge in [0.05, 0.1) is 21.7 Å². The topological polar surface area (TPSA) is 88.2 Å². The van der Waals surface area contributed by atoms with Crippen LogP contribution < -0.4 is 10.0 Å². The maximum absolute atomic E-state index is 14.1. The summed E-state index contributed by atoms with van der Waals surface area (Å²) in [6, 6.07) is 12.0. The van der Waals surface area contributed by atoms with E-state index in [1.165, 1.54) is 7.05 Å². The third-order valence-corrected chi connectivity index (χ3v) is 5.28. The molecule has 1 amide bonds. The maximum Gasteiger partial charge on any atom is 0.258 e. The monoisotopic (exact) mass is 373 g/mol. The van der Waals surface area contributed by atoms with Crippen molar-refractivity contribution in [2.24, 2.45) is 0 Å². The Balaban J connectivity index is 2.02. The van der Waals surface area contributed by atoms with E-state index in [0.29, 0.717) is 11.2 Å². The van der Waals surface area contributed by atoms with Crippen molar-refractivity contribution in [3.05, 3.63) is 65.6 Å². The highest BCUT2D eigenvalue weighted by molar-refractivity contribution is 7.89. The van der Waals surface area contributed by atoms with Gasteiger partial charge in [-0.05, 0) is 44.3 Å². The third-order valence-electron chi connectivity index (χ3n) is 3.87. The summed E-state index contributed by atoms with van der Waals surface area (Å²) in [4.78, 5) is 16.7. The Kier molecular flexibility index (Phi) is 4.71. The largest absolute Gasteiger partial charge is 0.320 e. The lowest BCUT2D eigenvalue weighted by molar-refractivity contribution is 0.102. The number of hydrogen-bond acceptors (Lipinski definition) is 4. The molecule has 26 heavy (non-hydrogen) atoms. The van der Waals surface area contributed by atoms with Crippen molar-refractivity contribution >= 4 is 32.5 Å². The maximum atomic E-state index is 14.1. The van der Waals surface area contributed by atoms with Crippen LogP contribution in [0.3, 0.4) is 0 Å². The Hall–Kier alpha value is -2.84. The number of anilines is 1. The van der Waals surface area contributed by atoms with Crippen LogP contribution in [0, 0.1) is 12.7 Å². The van der Waals surface area contributed by atoms with E-state index in [2.05, 4.69) is 15.0 Å². The number of pyridine rings is 1. The summed E-state index contributed by atoms with van der Waals surface area (Å²) in [6.07, 6.45) is 0. The number of fused-ring (bicyclic) bond motifs is 1. The normalized spacial score (nSPS) is 11.5. The summed E-state index contributed by atoms with van der Waals surface area (Å²) in [5, 5.41) is 3.43. The van der Waals surface area contributed by atoms with Gasteiger partial charge in [-0.25, -0.2) is 17.5 Å². The molecule has 0 saturated heterocycles. The number of carbonyl (C=O) groups excluding carboxylic acids is 1. The number of halogens is 1. The second kappa shape index (κ2) is 6.81. The number of nitrogens with one attached hydrogen (secondary N) is 2. The summed E-state index contributed by atoms with van der Waals surface area (Å²) < 4.78 is 40.0. The van der Waals surface area contributed by atoms with Crippen LogP contribution in [0.2, 0.25) is 0 Å². The van der Waals surface area contributed by atoms with Gasteiger partial charge in [0, 0.05) is 11.1 Å². The lowest BCUT2D eigenvalue weighted by atomic mass is 10.1. The molecule has 0 unspecified atom stereocenters. The zero-order valence-electron chi connectivity index (χ0n) is 14.1. The summed E-state index contributed by atoms with van der Waals surface area (Å²) in [7, 11) is -2.55. The van der Waals surface area contributed by atoms with Gasteiger partial charge in [0.1, 0.15) is 5.82 Å². The van der Waals surface area contributed by atoms with Crippen molar-refractivity contribution in [3.8, 4) is 0 Å². The first-order valence-corrected chi connectivity index (χ1v) is 9.21. The highest BCUT2D eigenvalue weighted by atomic mass is 32.2. The molecule has 1 heterocycles. The number of benzene rings is 2. The highest BCUT2D eigenvalue weighted by Gasteiger charge is 2.19. The molecular weight excluding hydrogens is 357 g/mol. The lowest BCUT2D eigenvalue weighted by Gasteiger charge is -2.10. The van der Waals surface area contributed by atoms with Crippen molar-refractivity contribution in [2.45, 2.75) is 11.8 Å². The van der Waals surface area contributed by atoms with Crippen LogP contribution in [-0.2, 0) is 10.0 Å². The van der Waals surface area contributed by atoms with Gasteiger partial charge < -0.3 is 5.32 Å². The second-order valence-electron chi connectivity index (χ2n) is 5.63. The van der Waals surface area contributed by atoms with Crippen LogP contribution >= 0.6 is 0 Å². The highest BCUT2D eigenvalue weighted by Crippen LogP contribution is 2.23. The molecule has 0 radical (unpaired) electrons. The molecule has 0 saturated carbocycles. The molecule has 3 rings (SSSR count). The fraction of sp³-hybridized carbons (Fsp3) is 0.111. The molecule has 2 aromatic carbocycles. The molecule has 0 spiro atoms. The number of aryl methyl sites for hydroxylation is 1. The molecule has 1 aromatic heterocycles. The number of aromatic nitrogens is 1. The van der Waals surface area contributed by atoms with Crippen LogP contribution in [0.4, 0.5) is 10.1 Å². The van der Waals surface area contributed by atoms with Crippen molar-refractivity contribution in [3.63, 3.8) is 0 Å². The number of hydrogen-bond donors (Lipinski definition) is 2. The second-order valence-corrected chi connectivity index (χ2v) is 7.52. The first-order chi connectivity index (χ1) is 12.3. The zero-order chi connectivity index (χ0) is 18.9. The van der Waals surface area contributed by atoms with Crippen molar-refractivity contribution < 1.29 is 17.6 Å². The fourth-order valence-corrected chi connectivity index (χ4v) is 3.25. The molecule has 0 aliphatic heterocycles. The standard InChI is InChI=1S/C18H16FN3O3S/c1-11-6-7-12-4-3-5-16(17(12)21-11)22-18(23)14-10-13(8-9-15(14)19)26(24,25)20-2/h3-10,20H,1-2H3,(H,22,23). The van der Waals surface area contributed by atoms with Gasteiger partial charge in [-0.2, -0.15) is 0 Å². The average Bonchev–Trinajstić information content (AvgIpc) is 2.62. The van der Waals surface area contributed by atoms with E-state index in [-0.39, 0.29) is 10.5 Å². The molecule has 8 heteroatoms. The van der Waals surface area contributed by atoms with E-state index in [4.69, 9.17) is 0 Å². The number of rotatable bonds is 4. The molecule has 0 fully saturated rings. The van der Waals surface area contributed by atoms with Crippen LogP contribution in [0.15, 0.2) is 53.4 Å². The molecule has 0 atom stereocenters. The number of para-hydroxylation sites is 1. The molecular formula is C18H16FN3O3S. The van der Waals surface area contributed by atoms with Gasteiger partial charge in [0.15, 0.2) is 0 Å². The summed E-state index contributed by atoms with van der Waals surface area (Å²) in [6.45, 7) is 1.82. The molecule has 2 N–H and O–H groups in total. The van der Waals surface area contributed by atoms with E-state index in [1.807, 2.05) is 25.1 Å². The number of carbonyl (C=O) groups is 1. The third kappa shape index (κ3) is 3.42. The van der Waals surface area contributed by atoms with Gasteiger partial charge >= 0.3 is 0 Å². The molecule has 6 nitrogen and oxygen atoms in total. The molecule has 0 bridgehead atoms. The lowest BCUT2D eigenvalue weighted by Crippen LogP contribution is -2.20. The Morgan fingerprint density at radius 2 is 1.88 bits per heavy atom. The number of amides is 1. The Bertz CT molecular complexity index is 1110. The molecule has 134 valence electrons. The minimum atomic E-state index is -3.79. The molecule has 0 aliphatic carbocycles. The van der Waals surface area contributed by atoms with Crippen LogP contribution in [0.1, 0.15) is 16.1 Å². The van der Waals surface area contributed by atoms with Gasteiger partial charge in [-0.3, -0.25) is 9.78 Å². The quantitative estimate of drug-likeness (QED) is 0.736. The average molecular weight is 373 g/mol. The van der Waals surface area contributed by atoms with Gasteiger partial charge in [-0.15, -0.1) is 0 Å². The van der Waals surface area contributed by atoms with E-state index < -0.39 is 21.7 Å². The Labute approximate surface area is 150 Å². The van der Waals surface area contributed by atoms with Crippen molar-refractivity contribution in [1.82, 2.24) is 9.71 Å². The summed E-state index contributed by atoms with van der Waals surface area (Å²) >= 11 is 0. The van der Waals surface area contributed by atoms with Crippen molar-refractivity contribution in [1.29, 1.82) is 0 Å². The van der Waals surface area contributed by atoms with Gasteiger partial charge in [0.25, 0.3) is 5.91 Å². The van der Waals surface area contributed by atoms with Crippen molar-refractivity contribution in [2.75, 3.05) is 12.4 Å². The number of sulfonamides is 1. The minimum absolute atomic E-state index is 0.196. The fourth-order valence-electron chi connectivity index (χ4n) is 2.50. The smallest absolute Gasteiger partial charge is 0.258 e. The minimum Gasteiger partial charge on any atom is -0.320 e. The predicted octanol–water partition coefficient (Wildman–Crippen LogP) is 2.84. The van der Waals surface area contributed by atoms with Crippen LogP contribution in [0.5, 0.6) is 0 Å². The Morgan fingerprint density at radius 3 is 2.62 bits per heavy atom. The van der Waals surface area contributed by atoms with Gasteiger partial charge in [-0.1, -0.05) is 18.2 Å². The zero-order valence-corrected chi connectivity index (χ0v) is 14.9. The Morgan fingerprint density at radius 1 is 1.12 bits per heavy atom. The SMILES string of the molecule is CNS(=O)(=O)c1ccc(F)c(C(=O)Nc2cccc3ccc(C)nc23)c1. The molecule has 0 aliphatic rings. The van der Waals surface area contributed by atoms with E-state index in [1.54, 1.807) is 12.1 Å². The number of nitrogens with zero attached hydrogens (tertiary/aromatic N) is 1. The van der Waals surface area contributed by atoms with E-state index >= 15 is 0 Å². The van der Waals surface area contributed by atoms with E-state index in [0.717, 1.165) is 29.3 Å². The first-order valence-electron chi connectivity index (χ1n) is 7.72. The van der Waals surface area contributed by atoms with Crippen LogP contribution in [-0.4, -0.2) is 26.4 Å². The molecule has 3 aromatic rings. The van der Waals surface area contributed by atoms with Crippen LogP contribution in [0.25, 0.3) is 10.9 Å². The first kappa shape index (κ1) is 18.0. The van der Waals surface area contributed by atoms with E-state index in [9.17, 15) is 17.6 Å². The predicted molar refractivity (Wildman–Crippen MR) is 97.1 cm³/mol. The van der Waals surface area contributed by atoms with Gasteiger partial charge in [0.2, 0.25) is 10.0 Å². The summed E-state index contributed by atoms with van der Waals surface area (Å²) in [5.41, 5.74) is 1.39.